The van der Waals surface area contributed by atoms with Crippen molar-refractivity contribution in [2.75, 3.05) is 7.11 Å². The zero-order chi connectivity index (χ0) is 17.3. The number of carboxylic acid groups (broad SMARTS) is 1. The first kappa shape index (κ1) is 16.1. The molecule has 0 spiro atoms. The number of carbonyl (C=O) groups excluding carboxylic acids is 1. The topological polar surface area (TPSA) is 68.5 Å². The van der Waals surface area contributed by atoms with E-state index in [9.17, 15) is 9.59 Å². The zero-order valence-electron chi connectivity index (χ0n) is 12.8. The summed E-state index contributed by atoms with van der Waals surface area (Å²) in [6, 6.07) is 11.8. The standard InChI is InChI=1S/C18H14ClNO4/c1-24-13-6-7-16-14(8-13)15(9-20(16)10-17(21)22)18(23)11-2-4-12(19)5-3-11/h2-9H,10H2,1H3,(H,21,22). The minimum atomic E-state index is -0.979. The molecule has 0 radical (unpaired) electrons. The number of ketones is 1. The van der Waals surface area contributed by atoms with Crippen molar-refractivity contribution >= 4 is 34.3 Å². The van der Waals surface area contributed by atoms with E-state index in [1.165, 1.54) is 7.11 Å². The number of fused-ring (bicyclic) bond motifs is 1. The molecule has 5 nitrogen and oxygen atoms in total. The van der Waals surface area contributed by atoms with Crippen LogP contribution in [0.5, 0.6) is 5.75 Å². The second-order valence-corrected chi connectivity index (χ2v) is 5.72. The van der Waals surface area contributed by atoms with Crippen LogP contribution < -0.4 is 4.74 Å². The number of carbonyl (C=O) groups is 2. The van der Waals surface area contributed by atoms with Gasteiger partial charge in [0.05, 0.1) is 7.11 Å². The Bertz CT molecular complexity index is 928. The van der Waals surface area contributed by atoms with Gasteiger partial charge in [0.15, 0.2) is 5.78 Å². The summed E-state index contributed by atoms with van der Waals surface area (Å²) in [5, 5.41) is 10.3. The van der Waals surface area contributed by atoms with E-state index in [1.807, 2.05) is 0 Å². The smallest absolute Gasteiger partial charge is 0.323 e. The highest BCUT2D eigenvalue weighted by atomic mass is 35.5. The predicted octanol–water partition coefficient (Wildman–Crippen LogP) is 3.62. The molecule has 0 atom stereocenters. The second kappa shape index (κ2) is 6.37. The van der Waals surface area contributed by atoms with Gasteiger partial charge >= 0.3 is 5.97 Å². The van der Waals surface area contributed by atoms with Gasteiger partial charge in [-0.05, 0) is 42.5 Å². The average molecular weight is 344 g/mol. The lowest BCUT2D eigenvalue weighted by Gasteiger charge is -2.03. The summed E-state index contributed by atoms with van der Waals surface area (Å²) in [7, 11) is 1.54. The number of rotatable bonds is 5. The van der Waals surface area contributed by atoms with Gasteiger partial charge in [0, 0.05) is 33.2 Å². The van der Waals surface area contributed by atoms with Gasteiger partial charge in [-0.1, -0.05) is 11.6 Å². The van der Waals surface area contributed by atoms with Crippen molar-refractivity contribution in [2.45, 2.75) is 6.54 Å². The summed E-state index contributed by atoms with van der Waals surface area (Å²) >= 11 is 5.86. The predicted molar refractivity (Wildman–Crippen MR) is 91.0 cm³/mol. The van der Waals surface area contributed by atoms with Crippen LogP contribution in [0.4, 0.5) is 0 Å². The largest absolute Gasteiger partial charge is 0.497 e. The lowest BCUT2D eigenvalue weighted by atomic mass is 10.0. The van der Waals surface area contributed by atoms with E-state index in [4.69, 9.17) is 21.4 Å². The van der Waals surface area contributed by atoms with Crippen LogP contribution in [-0.2, 0) is 11.3 Å². The van der Waals surface area contributed by atoms with Gasteiger partial charge in [-0.15, -0.1) is 0 Å². The number of halogens is 1. The molecule has 0 fully saturated rings. The third kappa shape index (κ3) is 2.98. The molecular weight excluding hydrogens is 330 g/mol. The van der Waals surface area contributed by atoms with Gasteiger partial charge in [0.2, 0.25) is 0 Å². The lowest BCUT2D eigenvalue weighted by Crippen LogP contribution is -2.07. The molecule has 6 heteroatoms. The number of methoxy groups -OCH3 is 1. The molecule has 1 heterocycles. The van der Waals surface area contributed by atoms with Crippen LogP contribution in [0, 0.1) is 0 Å². The molecule has 3 aromatic rings. The Balaban J connectivity index is 2.16. The SMILES string of the molecule is COc1ccc2c(c1)c(C(=O)c1ccc(Cl)cc1)cn2CC(=O)O. The number of nitrogens with zero attached hydrogens (tertiary/aromatic N) is 1. The van der Waals surface area contributed by atoms with Crippen molar-refractivity contribution in [2.24, 2.45) is 0 Å². The lowest BCUT2D eigenvalue weighted by molar-refractivity contribution is -0.137. The molecule has 0 aliphatic heterocycles. The molecule has 0 bridgehead atoms. The van der Waals surface area contributed by atoms with Gasteiger partial charge in [0.1, 0.15) is 12.3 Å². The van der Waals surface area contributed by atoms with Crippen LogP contribution in [0.15, 0.2) is 48.7 Å². The molecule has 0 aliphatic rings. The first-order valence-electron chi connectivity index (χ1n) is 7.18. The van der Waals surface area contributed by atoms with Crippen LogP contribution in [0.2, 0.25) is 5.02 Å². The maximum absolute atomic E-state index is 12.8. The van der Waals surface area contributed by atoms with Crippen molar-refractivity contribution in [1.82, 2.24) is 4.57 Å². The Labute approximate surface area is 143 Å². The molecule has 122 valence electrons. The summed E-state index contributed by atoms with van der Waals surface area (Å²) in [6.07, 6.45) is 1.56. The van der Waals surface area contributed by atoms with E-state index in [0.29, 0.717) is 32.8 Å². The number of carboxylic acids is 1. The summed E-state index contributed by atoms with van der Waals surface area (Å²) in [4.78, 5) is 23.9. The number of ether oxygens (including phenoxy) is 1. The van der Waals surface area contributed by atoms with Crippen LogP contribution in [0.3, 0.4) is 0 Å². The Morgan fingerprint density at radius 1 is 1.17 bits per heavy atom. The van der Waals surface area contributed by atoms with Crippen molar-refractivity contribution in [3.05, 3.63) is 64.8 Å². The number of aliphatic carboxylic acids is 1. The second-order valence-electron chi connectivity index (χ2n) is 5.28. The van der Waals surface area contributed by atoms with E-state index in [-0.39, 0.29) is 12.3 Å². The Morgan fingerprint density at radius 3 is 2.50 bits per heavy atom. The Kier molecular flexibility index (Phi) is 4.27. The number of aromatic nitrogens is 1. The molecule has 0 unspecified atom stereocenters. The summed E-state index contributed by atoms with van der Waals surface area (Å²) in [6.45, 7) is -0.225. The fraction of sp³-hybridized carbons (Fsp3) is 0.111. The molecule has 1 N–H and O–H groups in total. The fourth-order valence-corrected chi connectivity index (χ4v) is 2.74. The van der Waals surface area contributed by atoms with Crippen molar-refractivity contribution in [3.8, 4) is 5.75 Å². The highest BCUT2D eigenvalue weighted by Crippen LogP contribution is 2.28. The molecule has 24 heavy (non-hydrogen) atoms. The third-order valence-corrected chi connectivity index (χ3v) is 4.00. The van der Waals surface area contributed by atoms with Gasteiger partial charge in [-0.2, -0.15) is 0 Å². The number of hydrogen-bond acceptors (Lipinski definition) is 3. The van der Waals surface area contributed by atoms with E-state index < -0.39 is 5.97 Å². The number of benzene rings is 2. The average Bonchev–Trinajstić information content (AvgIpc) is 2.92. The highest BCUT2D eigenvalue weighted by molar-refractivity contribution is 6.30. The summed E-state index contributed by atoms with van der Waals surface area (Å²) in [5.74, 6) is -0.581. The third-order valence-electron chi connectivity index (χ3n) is 3.74. The van der Waals surface area contributed by atoms with E-state index in [2.05, 4.69) is 0 Å². The molecule has 0 aliphatic carbocycles. The molecule has 0 amide bonds. The van der Waals surface area contributed by atoms with Crippen LogP contribution in [0.25, 0.3) is 10.9 Å². The van der Waals surface area contributed by atoms with Crippen molar-refractivity contribution < 1.29 is 19.4 Å². The minimum absolute atomic E-state index is 0.200. The quantitative estimate of drug-likeness (QED) is 0.718. The van der Waals surface area contributed by atoms with E-state index >= 15 is 0 Å². The summed E-state index contributed by atoms with van der Waals surface area (Å²) < 4.78 is 6.76. The van der Waals surface area contributed by atoms with Crippen LogP contribution in [-0.4, -0.2) is 28.5 Å². The molecule has 3 rings (SSSR count). The molecule has 0 saturated heterocycles. The van der Waals surface area contributed by atoms with E-state index in [0.717, 1.165) is 0 Å². The molecule has 1 aromatic heterocycles. The maximum Gasteiger partial charge on any atom is 0.323 e. The van der Waals surface area contributed by atoms with Crippen molar-refractivity contribution in [3.63, 3.8) is 0 Å². The zero-order valence-corrected chi connectivity index (χ0v) is 13.6. The maximum atomic E-state index is 12.8. The first-order chi connectivity index (χ1) is 11.5. The van der Waals surface area contributed by atoms with Gasteiger partial charge < -0.3 is 14.4 Å². The van der Waals surface area contributed by atoms with E-state index in [1.54, 1.807) is 53.2 Å². The number of hydrogen-bond donors (Lipinski definition) is 1. The minimum Gasteiger partial charge on any atom is -0.497 e. The normalized spacial score (nSPS) is 10.8. The summed E-state index contributed by atoms with van der Waals surface area (Å²) in [5.41, 5.74) is 1.57. The Morgan fingerprint density at radius 2 is 1.88 bits per heavy atom. The fourth-order valence-electron chi connectivity index (χ4n) is 2.62. The van der Waals surface area contributed by atoms with Gasteiger partial charge in [0.25, 0.3) is 0 Å². The van der Waals surface area contributed by atoms with Gasteiger partial charge in [-0.3, -0.25) is 9.59 Å². The monoisotopic (exact) mass is 343 g/mol. The first-order valence-corrected chi connectivity index (χ1v) is 7.56. The van der Waals surface area contributed by atoms with Crippen molar-refractivity contribution in [1.29, 1.82) is 0 Å². The van der Waals surface area contributed by atoms with Gasteiger partial charge in [-0.25, -0.2) is 0 Å². The van der Waals surface area contributed by atoms with Crippen LogP contribution in [0.1, 0.15) is 15.9 Å². The Hall–Kier alpha value is -2.79. The highest BCUT2D eigenvalue weighted by Gasteiger charge is 2.18. The molecule has 2 aromatic carbocycles. The molecule has 0 saturated carbocycles. The van der Waals surface area contributed by atoms with Crippen LogP contribution >= 0.6 is 11.6 Å². The molecular formula is C18H14ClNO4.